The number of rotatable bonds is 5. The Balaban J connectivity index is 1.73. The molecule has 0 saturated carbocycles. The van der Waals surface area contributed by atoms with Crippen LogP contribution in [0.15, 0.2) is 0 Å². The normalized spacial score (nSPS) is 29.4. The van der Waals surface area contributed by atoms with Crippen LogP contribution >= 0.6 is 0 Å². The molecule has 0 bridgehead atoms. The standard InChI is InChI=1S/C13H23NO4/c1-2-14-12-9-17-8-11(12)13(15)18-7-10-3-5-16-6-4-10/h10-12,14H,2-9H2,1H3. The average Bonchev–Trinajstić information content (AvgIpc) is 2.86. The van der Waals surface area contributed by atoms with E-state index in [2.05, 4.69) is 5.32 Å². The summed E-state index contributed by atoms with van der Waals surface area (Å²) in [5.74, 6) is 0.192. The molecule has 2 saturated heterocycles. The SMILES string of the molecule is CCNC1COCC1C(=O)OCC1CCOCC1. The van der Waals surface area contributed by atoms with Gasteiger partial charge in [0, 0.05) is 19.3 Å². The highest BCUT2D eigenvalue weighted by Gasteiger charge is 2.35. The monoisotopic (exact) mass is 257 g/mol. The zero-order valence-electron chi connectivity index (χ0n) is 11.0. The number of nitrogens with one attached hydrogen (secondary N) is 1. The second-order valence-electron chi connectivity index (χ2n) is 4.99. The molecule has 0 spiro atoms. The first-order valence-corrected chi connectivity index (χ1v) is 6.86. The van der Waals surface area contributed by atoms with Gasteiger partial charge in [-0.25, -0.2) is 0 Å². The maximum atomic E-state index is 12.0. The zero-order valence-corrected chi connectivity index (χ0v) is 11.0. The minimum atomic E-state index is -0.148. The first-order chi connectivity index (χ1) is 8.81. The van der Waals surface area contributed by atoms with Crippen molar-refractivity contribution in [1.82, 2.24) is 5.32 Å². The quantitative estimate of drug-likeness (QED) is 0.730. The molecule has 0 aromatic rings. The molecule has 2 heterocycles. The summed E-state index contributed by atoms with van der Waals surface area (Å²) in [6.07, 6.45) is 1.98. The Kier molecular flexibility index (Phi) is 5.41. The van der Waals surface area contributed by atoms with E-state index < -0.39 is 0 Å². The third-order valence-electron chi connectivity index (χ3n) is 3.65. The van der Waals surface area contributed by atoms with Crippen LogP contribution in [0.25, 0.3) is 0 Å². The Bertz CT molecular complexity index is 266. The number of hydrogen-bond acceptors (Lipinski definition) is 5. The van der Waals surface area contributed by atoms with Crippen LogP contribution in [0.1, 0.15) is 19.8 Å². The largest absolute Gasteiger partial charge is 0.465 e. The number of carbonyl (C=O) groups excluding carboxylic acids is 1. The molecule has 2 fully saturated rings. The molecule has 5 heteroatoms. The molecule has 5 nitrogen and oxygen atoms in total. The maximum Gasteiger partial charge on any atom is 0.312 e. The highest BCUT2D eigenvalue weighted by molar-refractivity contribution is 5.73. The van der Waals surface area contributed by atoms with Gasteiger partial charge in [-0.1, -0.05) is 6.92 Å². The minimum Gasteiger partial charge on any atom is -0.465 e. The van der Waals surface area contributed by atoms with E-state index >= 15 is 0 Å². The Morgan fingerprint density at radius 3 is 2.78 bits per heavy atom. The molecule has 0 aromatic carbocycles. The van der Waals surface area contributed by atoms with Gasteiger partial charge in [-0.15, -0.1) is 0 Å². The number of likely N-dealkylation sites (N-methyl/N-ethyl adjacent to an activating group) is 1. The third kappa shape index (κ3) is 3.67. The van der Waals surface area contributed by atoms with Crippen molar-refractivity contribution in [3.8, 4) is 0 Å². The molecule has 0 amide bonds. The fourth-order valence-electron chi connectivity index (χ4n) is 2.47. The summed E-state index contributed by atoms with van der Waals surface area (Å²) < 4.78 is 16.1. The summed E-state index contributed by atoms with van der Waals surface area (Å²) >= 11 is 0. The van der Waals surface area contributed by atoms with Crippen LogP contribution in [0, 0.1) is 11.8 Å². The van der Waals surface area contributed by atoms with Gasteiger partial charge in [0.2, 0.25) is 0 Å². The minimum absolute atomic E-state index is 0.109. The van der Waals surface area contributed by atoms with Crippen LogP contribution in [-0.4, -0.2) is 51.6 Å². The van der Waals surface area contributed by atoms with Crippen molar-refractivity contribution in [1.29, 1.82) is 0 Å². The predicted octanol–water partition coefficient (Wildman–Crippen LogP) is 0.581. The Morgan fingerprint density at radius 1 is 1.28 bits per heavy atom. The van der Waals surface area contributed by atoms with Crippen LogP contribution in [-0.2, 0) is 19.0 Å². The third-order valence-corrected chi connectivity index (χ3v) is 3.65. The van der Waals surface area contributed by atoms with Gasteiger partial charge in [0.15, 0.2) is 0 Å². The van der Waals surface area contributed by atoms with Crippen molar-refractivity contribution in [2.24, 2.45) is 11.8 Å². The van der Waals surface area contributed by atoms with Crippen LogP contribution < -0.4 is 5.32 Å². The maximum absolute atomic E-state index is 12.0. The molecule has 0 aromatic heterocycles. The van der Waals surface area contributed by atoms with E-state index in [0.717, 1.165) is 32.6 Å². The van der Waals surface area contributed by atoms with Crippen LogP contribution in [0.5, 0.6) is 0 Å². The first-order valence-electron chi connectivity index (χ1n) is 6.86. The van der Waals surface area contributed by atoms with Crippen LogP contribution in [0.3, 0.4) is 0 Å². The lowest BCUT2D eigenvalue weighted by atomic mass is 10.0. The van der Waals surface area contributed by atoms with Gasteiger partial charge >= 0.3 is 5.97 Å². The summed E-state index contributed by atoms with van der Waals surface area (Å²) in [4.78, 5) is 12.0. The highest BCUT2D eigenvalue weighted by Crippen LogP contribution is 2.18. The summed E-state index contributed by atoms with van der Waals surface area (Å²) in [6.45, 7) is 6.05. The van der Waals surface area contributed by atoms with Crippen molar-refractivity contribution in [3.63, 3.8) is 0 Å². The van der Waals surface area contributed by atoms with Gasteiger partial charge < -0.3 is 19.5 Å². The molecule has 2 aliphatic heterocycles. The molecule has 0 radical (unpaired) electrons. The number of esters is 1. The average molecular weight is 257 g/mol. The molecule has 2 rings (SSSR count). The molecule has 18 heavy (non-hydrogen) atoms. The second-order valence-corrected chi connectivity index (χ2v) is 4.99. The van der Waals surface area contributed by atoms with E-state index in [1.165, 1.54) is 0 Å². The van der Waals surface area contributed by atoms with Gasteiger partial charge in [0.05, 0.1) is 25.7 Å². The van der Waals surface area contributed by atoms with Crippen molar-refractivity contribution in [2.75, 3.05) is 39.6 Å². The fraction of sp³-hybridized carbons (Fsp3) is 0.923. The summed E-state index contributed by atoms with van der Waals surface area (Å²) in [5, 5.41) is 3.27. The molecule has 2 atom stereocenters. The lowest BCUT2D eigenvalue weighted by Gasteiger charge is -2.23. The molecule has 2 unspecified atom stereocenters. The van der Waals surface area contributed by atoms with Crippen molar-refractivity contribution in [3.05, 3.63) is 0 Å². The van der Waals surface area contributed by atoms with Gasteiger partial charge in [-0.2, -0.15) is 0 Å². The molecule has 2 aliphatic rings. The van der Waals surface area contributed by atoms with Crippen molar-refractivity contribution in [2.45, 2.75) is 25.8 Å². The fourth-order valence-corrected chi connectivity index (χ4v) is 2.47. The van der Waals surface area contributed by atoms with Gasteiger partial charge in [0.25, 0.3) is 0 Å². The molecule has 1 N–H and O–H groups in total. The first kappa shape index (κ1) is 13.8. The van der Waals surface area contributed by atoms with E-state index in [-0.39, 0.29) is 17.9 Å². The van der Waals surface area contributed by atoms with E-state index in [0.29, 0.717) is 25.7 Å². The molecule has 0 aliphatic carbocycles. The summed E-state index contributed by atoms with van der Waals surface area (Å²) in [7, 11) is 0. The topological polar surface area (TPSA) is 56.8 Å². The van der Waals surface area contributed by atoms with Crippen molar-refractivity contribution < 1.29 is 19.0 Å². The smallest absolute Gasteiger partial charge is 0.312 e. The van der Waals surface area contributed by atoms with Crippen LogP contribution in [0.2, 0.25) is 0 Å². The number of hydrogen-bond donors (Lipinski definition) is 1. The van der Waals surface area contributed by atoms with Crippen LogP contribution in [0.4, 0.5) is 0 Å². The number of ether oxygens (including phenoxy) is 3. The summed E-state index contributed by atoms with van der Waals surface area (Å²) in [5.41, 5.74) is 0. The summed E-state index contributed by atoms with van der Waals surface area (Å²) in [6, 6.07) is 0.109. The van der Waals surface area contributed by atoms with E-state index in [9.17, 15) is 4.79 Å². The van der Waals surface area contributed by atoms with Gasteiger partial charge in [0.1, 0.15) is 0 Å². The van der Waals surface area contributed by atoms with E-state index in [4.69, 9.17) is 14.2 Å². The van der Waals surface area contributed by atoms with Gasteiger partial charge in [-0.3, -0.25) is 4.79 Å². The van der Waals surface area contributed by atoms with E-state index in [1.807, 2.05) is 6.92 Å². The molecular weight excluding hydrogens is 234 g/mol. The molecular formula is C13H23NO4. The van der Waals surface area contributed by atoms with Gasteiger partial charge in [-0.05, 0) is 25.3 Å². The Hall–Kier alpha value is -0.650. The van der Waals surface area contributed by atoms with Crippen molar-refractivity contribution >= 4 is 5.97 Å². The molecule has 104 valence electrons. The number of carbonyl (C=O) groups is 1. The lowest BCUT2D eigenvalue weighted by molar-refractivity contribution is -0.151. The lowest BCUT2D eigenvalue weighted by Crippen LogP contribution is -2.40. The van der Waals surface area contributed by atoms with E-state index in [1.54, 1.807) is 0 Å². The zero-order chi connectivity index (χ0) is 12.8. The highest BCUT2D eigenvalue weighted by atomic mass is 16.5. The Labute approximate surface area is 108 Å². The Morgan fingerprint density at radius 2 is 2.06 bits per heavy atom. The predicted molar refractivity (Wildman–Crippen MR) is 66.3 cm³/mol. The second kappa shape index (κ2) is 7.07.